The van der Waals surface area contributed by atoms with Gasteiger partial charge in [0.1, 0.15) is 0 Å². The van der Waals surface area contributed by atoms with Gasteiger partial charge in [-0.05, 0) is 52.7 Å². The fourth-order valence-electron chi connectivity index (χ4n) is 2.79. The third-order valence-corrected chi connectivity index (χ3v) is 4.03. The molecule has 0 rings (SSSR count). The molecule has 1 N–H and O–H groups in total. The highest BCUT2D eigenvalue weighted by Gasteiger charge is 2.34. The molecule has 0 fully saturated rings. The van der Waals surface area contributed by atoms with E-state index in [1.807, 2.05) is 0 Å². The lowest BCUT2D eigenvalue weighted by Gasteiger charge is -2.44. The molecule has 0 radical (unpaired) electrons. The monoisotopic (exact) mass is 296 g/mol. The Kier molecular flexibility index (Phi) is 8.75. The molecule has 0 saturated carbocycles. The smallest absolute Gasteiger partial charge is 0.312 e. The van der Waals surface area contributed by atoms with Crippen LogP contribution in [-0.2, 0) is 0 Å². The second-order valence-electron chi connectivity index (χ2n) is 5.84. The topological polar surface area (TPSA) is 15.3 Å². The van der Waals surface area contributed by atoms with Gasteiger partial charge in [0.15, 0.2) is 0 Å². The van der Waals surface area contributed by atoms with Crippen molar-refractivity contribution in [1.29, 1.82) is 0 Å². The molecule has 1 unspecified atom stereocenters. The molecule has 0 aromatic heterocycles. The summed E-state index contributed by atoms with van der Waals surface area (Å²) in [6.07, 6.45) is -3.00. The minimum absolute atomic E-state index is 0.0877. The minimum atomic E-state index is -4.05. The minimum Gasteiger partial charge on any atom is -0.312 e. The van der Waals surface area contributed by atoms with Crippen LogP contribution in [0.5, 0.6) is 0 Å². The van der Waals surface area contributed by atoms with Crippen molar-refractivity contribution in [3.05, 3.63) is 0 Å². The summed E-state index contributed by atoms with van der Waals surface area (Å²) >= 11 is 0. The molecule has 0 saturated heterocycles. The normalized spacial score (nSPS) is 14.8. The molecule has 0 aliphatic carbocycles. The van der Waals surface area contributed by atoms with Gasteiger partial charge < -0.3 is 5.32 Å². The standard InChI is InChI=1S/C15H31F3N2/c1-6-12-19-13(10-9-11-15(16,17)18)14(4,5)20(7-2)8-3/h13,19H,6-12H2,1-5H3. The van der Waals surface area contributed by atoms with Crippen molar-refractivity contribution >= 4 is 0 Å². The summed E-state index contributed by atoms with van der Waals surface area (Å²) in [4.78, 5) is 2.31. The zero-order valence-electron chi connectivity index (χ0n) is 13.6. The molecule has 1 atom stereocenters. The molecule has 0 bridgehead atoms. The van der Waals surface area contributed by atoms with Crippen molar-refractivity contribution in [3.8, 4) is 0 Å². The summed E-state index contributed by atoms with van der Waals surface area (Å²) in [6.45, 7) is 13.2. The van der Waals surface area contributed by atoms with E-state index in [0.29, 0.717) is 6.42 Å². The van der Waals surface area contributed by atoms with Gasteiger partial charge in [-0.15, -0.1) is 0 Å². The van der Waals surface area contributed by atoms with Crippen LogP contribution < -0.4 is 5.32 Å². The molecule has 5 heteroatoms. The Bertz CT molecular complexity index is 248. The number of alkyl halides is 3. The molecule has 20 heavy (non-hydrogen) atoms. The van der Waals surface area contributed by atoms with Crippen molar-refractivity contribution in [2.75, 3.05) is 19.6 Å². The van der Waals surface area contributed by atoms with Crippen LogP contribution in [0.2, 0.25) is 0 Å². The number of nitrogens with zero attached hydrogens (tertiary/aromatic N) is 1. The van der Waals surface area contributed by atoms with Gasteiger partial charge in [0.05, 0.1) is 0 Å². The Balaban J connectivity index is 4.67. The van der Waals surface area contributed by atoms with Crippen LogP contribution in [0.25, 0.3) is 0 Å². The van der Waals surface area contributed by atoms with E-state index in [1.165, 1.54) is 0 Å². The number of hydrogen-bond donors (Lipinski definition) is 1. The first-order chi connectivity index (χ1) is 9.19. The Hall–Kier alpha value is -0.290. The second kappa shape index (κ2) is 8.88. The molecule has 0 aromatic rings. The molecule has 0 amide bonds. The van der Waals surface area contributed by atoms with E-state index in [4.69, 9.17) is 0 Å². The van der Waals surface area contributed by atoms with Gasteiger partial charge in [0, 0.05) is 18.0 Å². The first kappa shape index (κ1) is 19.7. The molecule has 0 aliphatic heterocycles. The quantitative estimate of drug-likeness (QED) is 0.650. The van der Waals surface area contributed by atoms with Crippen molar-refractivity contribution in [2.45, 2.75) is 78.1 Å². The lowest BCUT2D eigenvalue weighted by molar-refractivity contribution is -0.136. The number of likely N-dealkylation sites (N-methyl/N-ethyl adjacent to an activating group) is 1. The fourth-order valence-corrected chi connectivity index (χ4v) is 2.79. The van der Waals surface area contributed by atoms with Crippen molar-refractivity contribution < 1.29 is 13.2 Å². The molecule has 122 valence electrons. The predicted octanol–water partition coefficient (Wildman–Crippen LogP) is 4.21. The molecule has 0 heterocycles. The van der Waals surface area contributed by atoms with Gasteiger partial charge in [0.25, 0.3) is 0 Å². The van der Waals surface area contributed by atoms with Gasteiger partial charge in [-0.2, -0.15) is 13.2 Å². The van der Waals surface area contributed by atoms with Crippen molar-refractivity contribution in [3.63, 3.8) is 0 Å². The molecule has 0 aromatic carbocycles. The molecule has 0 spiro atoms. The van der Waals surface area contributed by atoms with Crippen LogP contribution >= 0.6 is 0 Å². The van der Waals surface area contributed by atoms with Gasteiger partial charge in [0.2, 0.25) is 0 Å². The molecular formula is C15H31F3N2. The highest BCUT2D eigenvalue weighted by molar-refractivity contribution is 4.93. The summed E-state index contributed by atoms with van der Waals surface area (Å²) in [5.41, 5.74) is -0.135. The number of nitrogens with one attached hydrogen (secondary N) is 1. The Morgan fingerprint density at radius 2 is 1.60 bits per heavy atom. The second-order valence-corrected chi connectivity index (χ2v) is 5.84. The average Bonchev–Trinajstić information content (AvgIpc) is 2.33. The largest absolute Gasteiger partial charge is 0.389 e. The van der Waals surface area contributed by atoms with E-state index < -0.39 is 12.6 Å². The third kappa shape index (κ3) is 6.93. The van der Waals surface area contributed by atoms with E-state index >= 15 is 0 Å². The molecule has 2 nitrogen and oxygen atoms in total. The Morgan fingerprint density at radius 1 is 1.05 bits per heavy atom. The summed E-state index contributed by atoms with van der Waals surface area (Å²) in [7, 11) is 0. The first-order valence-corrected chi connectivity index (χ1v) is 7.74. The first-order valence-electron chi connectivity index (χ1n) is 7.74. The lowest BCUT2D eigenvalue weighted by Crippen LogP contribution is -2.57. The zero-order valence-corrected chi connectivity index (χ0v) is 13.6. The summed E-state index contributed by atoms with van der Waals surface area (Å²) in [5.74, 6) is 0. The SMILES string of the molecule is CCCNC(CCCC(F)(F)F)C(C)(C)N(CC)CC. The Morgan fingerprint density at radius 3 is 2.00 bits per heavy atom. The van der Waals surface area contributed by atoms with Crippen LogP contribution in [0.3, 0.4) is 0 Å². The maximum Gasteiger partial charge on any atom is 0.389 e. The molecule has 0 aliphatic rings. The fraction of sp³-hybridized carbons (Fsp3) is 1.00. The summed E-state index contributed by atoms with van der Waals surface area (Å²) < 4.78 is 36.9. The number of hydrogen-bond acceptors (Lipinski definition) is 2. The van der Waals surface area contributed by atoms with E-state index in [1.54, 1.807) is 0 Å². The van der Waals surface area contributed by atoms with Crippen LogP contribution in [0, 0.1) is 0 Å². The maximum absolute atomic E-state index is 12.3. The van der Waals surface area contributed by atoms with Crippen molar-refractivity contribution in [2.24, 2.45) is 0 Å². The van der Waals surface area contributed by atoms with Crippen LogP contribution in [0.15, 0.2) is 0 Å². The average molecular weight is 296 g/mol. The van der Waals surface area contributed by atoms with E-state index in [0.717, 1.165) is 26.1 Å². The Labute approximate surface area is 122 Å². The molecular weight excluding hydrogens is 265 g/mol. The van der Waals surface area contributed by atoms with Crippen molar-refractivity contribution in [1.82, 2.24) is 10.2 Å². The third-order valence-electron chi connectivity index (χ3n) is 4.03. The van der Waals surface area contributed by atoms with Crippen LogP contribution in [-0.4, -0.2) is 42.3 Å². The van der Waals surface area contributed by atoms with Gasteiger partial charge in [-0.25, -0.2) is 0 Å². The van der Waals surface area contributed by atoms with Crippen LogP contribution in [0.1, 0.15) is 60.3 Å². The lowest BCUT2D eigenvalue weighted by atomic mass is 9.88. The van der Waals surface area contributed by atoms with Crippen LogP contribution in [0.4, 0.5) is 13.2 Å². The summed E-state index contributed by atoms with van der Waals surface area (Å²) in [6, 6.07) is 0.0877. The van der Waals surface area contributed by atoms with Gasteiger partial charge >= 0.3 is 6.18 Å². The highest BCUT2D eigenvalue weighted by atomic mass is 19.4. The number of rotatable bonds is 10. The van der Waals surface area contributed by atoms with E-state index in [9.17, 15) is 13.2 Å². The summed E-state index contributed by atoms with van der Waals surface area (Å²) in [5, 5.41) is 3.44. The number of halogens is 3. The maximum atomic E-state index is 12.3. The highest BCUT2D eigenvalue weighted by Crippen LogP contribution is 2.27. The van der Waals surface area contributed by atoms with E-state index in [-0.39, 0.29) is 18.0 Å². The van der Waals surface area contributed by atoms with Gasteiger partial charge in [-0.3, -0.25) is 4.90 Å². The predicted molar refractivity (Wildman–Crippen MR) is 79.0 cm³/mol. The zero-order chi connectivity index (χ0) is 15.8. The van der Waals surface area contributed by atoms with E-state index in [2.05, 4.69) is 44.8 Å². The van der Waals surface area contributed by atoms with Gasteiger partial charge in [-0.1, -0.05) is 20.8 Å².